The second kappa shape index (κ2) is 7.64. The number of ether oxygens (including phenoxy) is 1. The van der Waals surface area contributed by atoms with Crippen molar-refractivity contribution in [3.05, 3.63) is 71.0 Å². The fourth-order valence-corrected chi connectivity index (χ4v) is 3.68. The summed E-state index contributed by atoms with van der Waals surface area (Å²) < 4.78 is 19.0. The second-order valence-corrected chi connectivity index (χ2v) is 6.83. The molecule has 0 saturated heterocycles. The first-order chi connectivity index (χ1) is 12.1. The Morgan fingerprint density at radius 2 is 1.81 bits per heavy atom. The van der Waals surface area contributed by atoms with Crippen molar-refractivity contribution in [2.45, 2.75) is 37.5 Å². The number of hydrogen-bond donors (Lipinski definition) is 1. The molecule has 1 fully saturated rings. The van der Waals surface area contributed by atoms with Gasteiger partial charge in [0.25, 0.3) is 0 Å². The van der Waals surface area contributed by atoms with Crippen LogP contribution in [-0.4, -0.2) is 29.7 Å². The monoisotopic (exact) mass is 376 g/mol. The molecule has 1 amide bonds. The lowest BCUT2D eigenvalue weighted by Gasteiger charge is -2.39. The molecule has 2 N–H and O–H groups in total. The summed E-state index contributed by atoms with van der Waals surface area (Å²) in [6, 6.07) is 14.3. The van der Waals surface area contributed by atoms with E-state index in [-0.39, 0.29) is 42.5 Å². The molecule has 1 aliphatic heterocycles. The van der Waals surface area contributed by atoms with E-state index in [2.05, 4.69) is 6.07 Å². The summed E-state index contributed by atoms with van der Waals surface area (Å²) in [6.45, 7) is 0.580. The minimum atomic E-state index is -0.319. The summed E-state index contributed by atoms with van der Waals surface area (Å²) in [4.78, 5) is 14.5. The third-order valence-corrected chi connectivity index (χ3v) is 5.10. The number of amides is 1. The van der Waals surface area contributed by atoms with E-state index in [1.165, 1.54) is 17.7 Å². The molecule has 138 valence electrons. The topological polar surface area (TPSA) is 55.6 Å². The van der Waals surface area contributed by atoms with E-state index in [0.717, 1.165) is 30.4 Å². The van der Waals surface area contributed by atoms with Gasteiger partial charge in [0.1, 0.15) is 11.9 Å². The predicted octanol–water partition coefficient (Wildman–Crippen LogP) is 3.82. The zero-order valence-corrected chi connectivity index (χ0v) is 15.1. The number of nitrogens with zero attached hydrogens (tertiary/aromatic N) is 1. The van der Waals surface area contributed by atoms with E-state index < -0.39 is 0 Å². The zero-order chi connectivity index (χ0) is 17.4. The Morgan fingerprint density at radius 1 is 1.12 bits per heavy atom. The summed E-state index contributed by atoms with van der Waals surface area (Å²) >= 11 is 0. The number of hydrogen-bond acceptors (Lipinski definition) is 3. The third-order valence-electron chi connectivity index (χ3n) is 5.10. The van der Waals surface area contributed by atoms with Crippen LogP contribution in [0.25, 0.3) is 0 Å². The predicted molar refractivity (Wildman–Crippen MR) is 99.8 cm³/mol. The Balaban J connectivity index is 0.00000196. The Bertz CT molecular complexity index is 778. The molecule has 26 heavy (non-hydrogen) atoms. The van der Waals surface area contributed by atoms with Gasteiger partial charge in [0, 0.05) is 12.6 Å². The lowest BCUT2D eigenvalue weighted by Crippen LogP contribution is -2.47. The molecule has 4 nitrogen and oxygen atoms in total. The minimum Gasteiger partial charge on any atom is -0.446 e. The molecule has 0 unspecified atom stereocenters. The Kier molecular flexibility index (Phi) is 5.49. The SMILES string of the molecule is Cl.NC1CC(OC(=O)N2CCc3ccccc3[C@@H]2c2ccc(F)cc2)C1. The van der Waals surface area contributed by atoms with Gasteiger partial charge in [-0.3, -0.25) is 4.90 Å². The van der Waals surface area contributed by atoms with Gasteiger partial charge in [0.15, 0.2) is 0 Å². The molecule has 0 radical (unpaired) electrons. The molecule has 2 aliphatic rings. The normalized spacial score (nSPS) is 24.1. The van der Waals surface area contributed by atoms with Crippen LogP contribution in [0.3, 0.4) is 0 Å². The molecule has 0 aromatic heterocycles. The smallest absolute Gasteiger partial charge is 0.410 e. The van der Waals surface area contributed by atoms with Gasteiger partial charge in [-0.05, 0) is 48.1 Å². The van der Waals surface area contributed by atoms with Crippen molar-refractivity contribution < 1.29 is 13.9 Å². The van der Waals surface area contributed by atoms with Crippen molar-refractivity contribution in [1.29, 1.82) is 0 Å². The number of fused-ring (bicyclic) bond motifs is 1. The third kappa shape index (κ3) is 3.55. The van der Waals surface area contributed by atoms with E-state index >= 15 is 0 Å². The molecule has 4 rings (SSSR count). The van der Waals surface area contributed by atoms with Gasteiger partial charge in [-0.25, -0.2) is 9.18 Å². The molecule has 1 heterocycles. The van der Waals surface area contributed by atoms with Crippen LogP contribution in [0.5, 0.6) is 0 Å². The van der Waals surface area contributed by atoms with Gasteiger partial charge in [-0.1, -0.05) is 36.4 Å². The maximum absolute atomic E-state index is 13.4. The quantitative estimate of drug-likeness (QED) is 0.866. The van der Waals surface area contributed by atoms with Crippen LogP contribution >= 0.6 is 12.4 Å². The summed E-state index contributed by atoms with van der Waals surface area (Å²) in [7, 11) is 0. The van der Waals surface area contributed by atoms with Gasteiger partial charge in [-0.15, -0.1) is 12.4 Å². The Hall–Kier alpha value is -2.11. The standard InChI is InChI=1S/C20H21FN2O2.ClH/c21-15-7-5-14(6-8-15)19-18-4-2-1-3-13(18)9-10-23(19)20(24)25-17-11-16(22)12-17;/h1-8,16-17,19H,9-12,22H2;1H/t16?,17?,19-;/m0./s1. The van der Waals surface area contributed by atoms with E-state index in [0.29, 0.717) is 6.54 Å². The summed E-state index contributed by atoms with van der Waals surface area (Å²) in [5.74, 6) is -0.287. The average molecular weight is 377 g/mol. The average Bonchev–Trinajstić information content (AvgIpc) is 2.60. The molecule has 0 bridgehead atoms. The number of nitrogens with two attached hydrogens (primary N) is 1. The fourth-order valence-electron chi connectivity index (χ4n) is 3.68. The van der Waals surface area contributed by atoms with E-state index in [1.54, 1.807) is 17.0 Å². The van der Waals surface area contributed by atoms with Crippen LogP contribution in [0, 0.1) is 5.82 Å². The highest BCUT2D eigenvalue weighted by molar-refractivity contribution is 5.85. The number of halogens is 2. The number of benzene rings is 2. The minimum absolute atomic E-state index is 0. The first-order valence-electron chi connectivity index (χ1n) is 8.68. The Labute approximate surface area is 158 Å². The van der Waals surface area contributed by atoms with Crippen molar-refractivity contribution in [3.63, 3.8) is 0 Å². The fraction of sp³-hybridized carbons (Fsp3) is 0.350. The van der Waals surface area contributed by atoms with Crippen LogP contribution in [0.4, 0.5) is 9.18 Å². The van der Waals surface area contributed by atoms with Crippen molar-refractivity contribution in [2.75, 3.05) is 6.54 Å². The van der Waals surface area contributed by atoms with Crippen molar-refractivity contribution in [2.24, 2.45) is 5.73 Å². The molecular formula is C20H22ClFN2O2. The Morgan fingerprint density at radius 3 is 2.50 bits per heavy atom. The van der Waals surface area contributed by atoms with E-state index in [4.69, 9.17) is 10.5 Å². The van der Waals surface area contributed by atoms with Crippen LogP contribution in [-0.2, 0) is 11.2 Å². The van der Waals surface area contributed by atoms with Crippen molar-refractivity contribution >= 4 is 18.5 Å². The molecule has 1 atom stereocenters. The summed E-state index contributed by atoms with van der Waals surface area (Å²) in [6.07, 6.45) is 1.82. The maximum Gasteiger partial charge on any atom is 0.410 e. The highest BCUT2D eigenvalue weighted by atomic mass is 35.5. The number of carbonyl (C=O) groups excluding carboxylic acids is 1. The van der Waals surface area contributed by atoms with Gasteiger partial charge < -0.3 is 10.5 Å². The lowest BCUT2D eigenvalue weighted by atomic mass is 9.88. The molecule has 0 spiro atoms. The van der Waals surface area contributed by atoms with Gasteiger partial charge in [-0.2, -0.15) is 0 Å². The first-order valence-corrected chi connectivity index (χ1v) is 8.68. The number of carbonyl (C=O) groups is 1. The first kappa shape index (κ1) is 18.7. The van der Waals surface area contributed by atoms with E-state index in [9.17, 15) is 9.18 Å². The van der Waals surface area contributed by atoms with Gasteiger partial charge in [0.2, 0.25) is 0 Å². The molecular weight excluding hydrogens is 355 g/mol. The molecule has 2 aromatic carbocycles. The van der Waals surface area contributed by atoms with Crippen LogP contribution < -0.4 is 5.73 Å². The molecule has 1 saturated carbocycles. The second-order valence-electron chi connectivity index (χ2n) is 6.83. The van der Waals surface area contributed by atoms with E-state index in [1.807, 2.05) is 18.2 Å². The highest BCUT2D eigenvalue weighted by Gasteiger charge is 2.36. The van der Waals surface area contributed by atoms with Crippen LogP contribution in [0.15, 0.2) is 48.5 Å². The van der Waals surface area contributed by atoms with Gasteiger partial charge >= 0.3 is 6.09 Å². The van der Waals surface area contributed by atoms with Crippen LogP contribution in [0.2, 0.25) is 0 Å². The van der Waals surface area contributed by atoms with Crippen molar-refractivity contribution in [3.8, 4) is 0 Å². The molecule has 1 aliphatic carbocycles. The molecule has 6 heteroatoms. The van der Waals surface area contributed by atoms with Gasteiger partial charge in [0.05, 0.1) is 6.04 Å². The van der Waals surface area contributed by atoms with Crippen molar-refractivity contribution in [1.82, 2.24) is 4.90 Å². The maximum atomic E-state index is 13.4. The largest absolute Gasteiger partial charge is 0.446 e. The number of rotatable bonds is 2. The zero-order valence-electron chi connectivity index (χ0n) is 14.3. The highest BCUT2D eigenvalue weighted by Crippen LogP contribution is 2.36. The summed E-state index contributed by atoms with van der Waals surface area (Å²) in [5, 5.41) is 0. The van der Waals surface area contributed by atoms with Crippen LogP contribution in [0.1, 0.15) is 35.6 Å². The lowest BCUT2D eigenvalue weighted by molar-refractivity contribution is 0.0119. The molecule has 2 aromatic rings. The summed E-state index contributed by atoms with van der Waals surface area (Å²) in [5.41, 5.74) is 8.95.